The van der Waals surface area contributed by atoms with E-state index in [2.05, 4.69) is 10.3 Å². The Hall–Kier alpha value is -2.62. The Bertz CT molecular complexity index is 635. The van der Waals surface area contributed by atoms with Crippen molar-refractivity contribution in [2.24, 2.45) is 0 Å². The second kappa shape index (κ2) is 6.52. The number of nitrogens with two attached hydrogens (primary N) is 1. The third kappa shape index (κ3) is 3.95. The normalized spacial score (nSPS) is 10.7. The van der Waals surface area contributed by atoms with E-state index < -0.39 is 0 Å². The number of nitrogens with zero attached hydrogens (tertiary/aromatic N) is 1. The van der Waals surface area contributed by atoms with Gasteiger partial charge in [-0.1, -0.05) is 12.1 Å². The van der Waals surface area contributed by atoms with Gasteiger partial charge in [0.15, 0.2) is 0 Å². The van der Waals surface area contributed by atoms with E-state index in [9.17, 15) is 4.79 Å². The van der Waals surface area contributed by atoms with Gasteiger partial charge in [-0.15, -0.1) is 0 Å². The first-order valence-electron chi connectivity index (χ1n) is 6.36. The molecule has 0 bridgehead atoms. The third-order valence-corrected chi connectivity index (χ3v) is 2.94. The summed E-state index contributed by atoms with van der Waals surface area (Å²) in [5.41, 5.74) is 9.38. The summed E-state index contributed by atoms with van der Waals surface area (Å²) in [6.45, 7) is 2.46. The van der Waals surface area contributed by atoms with Crippen LogP contribution in [0.2, 0.25) is 0 Å². The fraction of sp³-hybridized carbons (Fsp3) is 0.125. The fourth-order valence-electron chi connectivity index (χ4n) is 1.76. The monoisotopic (exact) mass is 267 g/mol. The first-order chi connectivity index (χ1) is 9.65. The molecule has 0 radical (unpaired) electrons. The van der Waals surface area contributed by atoms with Crippen LogP contribution in [0.3, 0.4) is 0 Å². The highest BCUT2D eigenvalue weighted by Gasteiger charge is 2.00. The van der Waals surface area contributed by atoms with Gasteiger partial charge >= 0.3 is 0 Å². The maximum Gasteiger partial charge on any atom is 0.244 e. The van der Waals surface area contributed by atoms with E-state index in [-0.39, 0.29) is 5.91 Å². The van der Waals surface area contributed by atoms with Crippen LogP contribution < -0.4 is 11.1 Å². The molecular weight excluding hydrogens is 250 g/mol. The molecule has 4 heteroatoms. The molecule has 1 amide bonds. The number of aryl methyl sites for hydroxylation is 1. The lowest BCUT2D eigenvalue weighted by molar-refractivity contribution is -0.116. The summed E-state index contributed by atoms with van der Waals surface area (Å²) in [5.74, 6) is -0.143. The first kappa shape index (κ1) is 13.8. The molecule has 102 valence electrons. The number of nitrogen functional groups attached to an aromatic ring is 1. The van der Waals surface area contributed by atoms with Gasteiger partial charge in [-0.3, -0.25) is 9.78 Å². The van der Waals surface area contributed by atoms with Crippen LogP contribution in [0.5, 0.6) is 0 Å². The zero-order valence-electron chi connectivity index (χ0n) is 11.3. The van der Waals surface area contributed by atoms with Gasteiger partial charge in [-0.2, -0.15) is 0 Å². The lowest BCUT2D eigenvalue weighted by Gasteiger charge is -2.05. The van der Waals surface area contributed by atoms with Crippen molar-refractivity contribution in [2.75, 3.05) is 5.73 Å². The van der Waals surface area contributed by atoms with Crippen molar-refractivity contribution in [3.63, 3.8) is 0 Å². The highest BCUT2D eigenvalue weighted by Crippen LogP contribution is 2.08. The highest BCUT2D eigenvalue weighted by atomic mass is 16.1. The van der Waals surface area contributed by atoms with E-state index in [1.165, 1.54) is 6.08 Å². The zero-order valence-corrected chi connectivity index (χ0v) is 11.3. The van der Waals surface area contributed by atoms with Gasteiger partial charge in [0, 0.05) is 30.7 Å². The molecule has 2 aromatic rings. The standard InChI is InChI=1S/C16H17N3O/c1-12-7-8-18-10-14(12)11-19-16(20)6-5-13-3-2-4-15(17)9-13/h2-10H,11,17H2,1H3,(H,19,20)/b6-5+. The minimum Gasteiger partial charge on any atom is -0.399 e. The Balaban J connectivity index is 1.91. The van der Waals surface area contributed by atoms with Crippen molar-refractivity contribution in [2.45, 2.75) is 13.5 Å². The Labute approximate surface area is 118 Å². The van der Waals surface area contributed by atoms with Crippen LogP contribution in [-0.2, 0) is 11.3 Å². The summed E-state index contributed by atoms with van der Waals surface area (Å²) in [6.07, 6.45) is 6.74. The van der Waals surface area contributed by atoms with Crippen LogP contribution in [0.4, 0.5) is 5.69 Å². The molecule has 0 spiro atoms. The molecule has 0 unspecified atom stereocenters. The van der Waals surface area contributed by atoms with Crippen LogP contribution in [0.1, 0.15) is 16.7 Å². The zero-order chi connectivity index (χ0) is 14.4. The number of carbonyl (C=O) groups excluding carboxylic acids is 1. The van der Waals surface area contributed by atoms with Gasteiger partial charge in [0.25, 0.3) is 0 Å². The number of pyridine rings is 1. The summed E-state index contributed by atoms with van der Waals surface area (Å²) in [7, 11) is 0. The molecule has 0 aliphatic heterocycles. The van der Waals surface area contributed by atoms with E-state index in [0.29, 0.717) is 12.2 Å². The molecule has 0 saturated carbocycles. The second-order valence-electron chi connectivity index (χ2n) is 4.52. The summed E-state index contributed by atoms with van der Waals surface area (Å²) < 4.78 is 0. The number of anilines is 1. The summed E-state index contributed by atoms with van der Waals surface area (Å²) in [4.78, 5) is 15.8. The number of aromatic nitrogens is 1. The smallest absolute Gasteiger partial charge is 0.244 e. The number of amides is 1. The van der Waals surface area contributed by atoms with Crippen LogP contribution in [0.15, 0.2) is 48.8 Å². The predicted molar refractivity (Wildman–Crippen MR) is 80.7 cm³/mol. The van der Waals surface area contributed by atoms with Crippen LogP contribution in [0, 0.1) is 6.92 Å². The lowest BCUT2D eigenvalue weighted by atomic mass is 10.1. The van der Waals surface area contributed by atoms with Crippen molar-refractivity contribution in [1.29, 1.82) is 0 Å². The molecular formula is C16H17N3O. The van der Waals surface area contributed by atoms with E-state index in [1.807, 2.05) is 37.3 Å². The van der Waals surface area contributed by atoms with Crippen LogP contribution in [0.25, 0.3) is 6.08 Å². The molecule has 0 fully saturated rings. The minimum atomic E-state index is -0.143. The number of benzene rings is 1. The average molecular weight is 267 g/mol. The number of hydrogen-bond acceptors (Lipinski definition) is 3. The molecule has 1 aromatic heterocycles. The Morgan fingerprint density at radius 2 is 2.25 bits per heavy atom. The molecule has 2 rings (SSSR count). The van der Waals surface area contributed by atoms with Gasteiger partial charge in [-0.05, 0) is 47.9 Å². The predicted octanol–water partition coefficient (Wildman–Crippen LogP) is 2.30. The second-order valence-corrected chi connectivity index (χ2v) is 4.52. The summed E-state index contributed by atoms with van der Waals surface area (Å²) in [6, 6.07) is 9.29. The Morgan fingerprint density at radius 3 is 3.00 bits per heavy atom. The third-order valence-electron chi connectivity index (χ3n) is 2.94. The van der Waals surface area contributed by atoms with Crippen molar-refractivity contribution in [3.8, 4) is 0 Å². The van der Waals surface area contributed by atoms with Crippen molar-refractivity contribution in [3.05, 3.63) is 65.5 Å². The molecule has 3 N–H and O–H groups in total. The average Bonchev–Trinajstić information content (AvgIpc) is 2.44. The highest BCUT2D eigenvalue weighted by molar-refractivity contribution is 5.91. The summed E-state index contributed by atoms with van der Waals surface area (Å²) in [5, 5.41) is 2.83. The van der Waals surface area contributed by atoms with Gasteiger partial charge < -0.3 is 11.1 Å². The molecule has 0 aliphatic carbocycles. The van der Waals surface area contributed by atoms with Gasteiger partial charge in [0.1, 0.15) is 0 Å². The van der Waals surface area contributed by atoms with Crippen molar-refractivity contribution in [1.82, 2.24) is 10.3 Å². The van der Waals surface area contributed by atoms with Crippen LogP contribution in [-0.4, -0.2) is 10.9 Å². The fourth-order valence-corrected chi connectivity index (χ4v) is 1.76. The molecule has 1 heterocycles. The van der Waals surface area contributed by atoms with E-state index in [0.717, 1.165) is 16.7 Å². The van der Waals surface area contributed by atoms with Crippen molar-refractivity contribution < 1.29 is 4.79 Å². The topological polar surface area (TPSA) is 68.0 Å². The van der Waals surface area contributed by atoms with E-state index in [4.69, 9.17) is 5.73 Å². The van der Waals surface area contributed by atoms with E-state index in [1.54, 1.807) is 18.5 Å². The minimum absolute atomic E-state index is 0.143. The molecule has 0 atom stereocenters. The maximum atomic E-state index is 11.7. The number of rotatable bonds is 4. The van der Waals surface area contributed by atoms with Gasteiger partial charge in [0.2, 0.25) is 5.91 Å². The number of hydrogen-bond donors (Lipinski definition) is 2. The lowest BCUT2D eigenvalue weighted by Crippen LogP contribution is -2.20. The molecule has 4 nitrogen and oxygen atoms in total. The number of carbonyl (C=O) groups is 1. The molecule has 0 aliphatic rings. The Morgan fingerprint density at radius 1 is 1.40 bits per heavy atom. The van der Waals surface area contributed by atoms with Crippen molar-refractivity contribution >= 4 is 17.7 Å². The number of nitrogens with one attached hydrogen (secondary N) is 1. The molecule has 20 heavy (non-hydrogen) atoms. The van der Waals surface area contributed by atoms with E-state index >= 15 is 0 Å². The SMILES string of the molecule is Cc1ccncc1CNC(=O)/C=C/c1cccc(N)c1. The van der Waals surface area contributed by atoms with Gasteiger partial charge in [-0.25, -0.2) is 0 Å². The van der Waals surface area contributed by atoms with Crippen LogP contribution >= 0.6 is 0 Å². The maximum absolute atomic E-state index is 11.7. The summed E-state index contributed by atoms with van der Waals surface area (Å²) >= 11 is 0. The Kier molecular flexibility index (Phi) is 4.50. The molecule has 1 aromatic carbocycles. The first-order valence-corrected chi connectivity index (χ1v) is 6.36. The molecule has 0 saturated heterocycles. The van der Waals surface area contributed by atoms with Gasteiger partial charge in [0.05, 0.1) is 0 Å². The largest absolute Gasteiger partial charge is 0.399 e. The quantitative estimate of drug-likeness (QED) is 0.659.